The van der Waals surface area contributed by atoms with Crippen LogP contribution in [0.15, 0.2) is 84.9 Å². The number of alkyl halides is 3. The van der Waals surface area contributed by atoms with Gasteiger partial charge in [-0.05, 0) is 54.1 Å². The van der Waals surface area contributed by atoms with Crippen LogP contribution in [0.25, 0.3) is 11.0 Å². The lowest BCUT2D eigenvalue weighted by atomic mass is 9.98. The van der Waals surface area contributed by atoms with Crippen molar-refractivity contribution < 1.29 is 22.4 Å². The molecule has 0 spiro atoms. The maximum atomic E-state index is 13.5. The number of halogens is 5. The van der Waals surface area contributed by atoms with Gasteiger partial charge in [0, 0.05) is 14.6 Å². The summed E-state index contributed by atoms with van der Waals surface area (Å²) < 4.78 is 47.4. The lowest BCUT2D eigenvalue weighted by molar-refractivity contribution is -0.137. The molecule has 0 bridgehead atoms. The van der Waals surface area contributed by atoms with Gasteiger partial charge in [0.25, 0.3) is 5.91 Å². The molecule has 1 aliphatic rings. The van der Waals surface area contributed by atoms with E-state index in [0.717, 1.165) is 16.6 Å². The Morgan fingerprint density at radius 1 is 0.879 bits per heavy atom. The van der Waals surface area contributed by atoms with Gasteiger partial charge in [0.1, 0.15) is 5.58 Å². The van der Waals surface area contributed by atoms with Crippen molar-refractivity contribution in [3.05, 3.63) is 108 Å². The molecule has 3 aromatic carbocycles. The van der Waals surface area contributed by atoms with Gasteiger partial charge in [0.2, 0.25) is 5.76 Å². The molecule has 0 aliphatic carbocycles. The molecule has 5 rings (SSSR count). The van der Waals surface area contributed by atoms with E-state index < -0.39 is 29.1 Å². The second kappa shape index (κ2) is 7.85. The fourth-order valence-electron chi connectivity index (χ4n) is 4.00. The van der Waals surface area contributed by atoms with Crippen LogP contribution >= 0.6 is 31.9 Å². The van der Waals surface area contributed by atoms with Gasteiger partial charge >= 0.3 is 6.18 Å². The second-order valence-electron chi connectivity index (χ2n) is 7.49. The Hall–Kier alpha value is -2.91. The zero-order chi connectivity index (χ0) is 23.5. The summed E-state index contributed by atoms with van der Waals surface area (Å²) in [5.41, 5.74) is -0.431. The van der Waals surface area contributed by atoms with Crippen LogP contribution in [0.2, 0.25) is 0 Å². The number of carbonyl (C=O) groups is 1. The van der Waals surface area contributed by atoms with Crippen molar-refractivity contribution in [1.29, 1.82) is 0 Å². The number of nitrogens with zero attached hydrogens (tertiary/aromatic N) is 1. The molecule has 0 saturated carbocycles. The van der Waals surface area contributed by atoms with E-state index in [1.807, 2.05) is 0 Å². The summed E-state index contributed by atoms with van der Waals surface area (Å²) >= 11 is 6.69. The molecule has 1 aliphatic heterocycles. The van der Waals surface area contributed by atoms with E-state index in [2.05, 4.69) is 31.9 Å². The number of rotatable bonds is 2. The highest BCUT2D eigenvalue weighted by Crippen LogP contribution is 2.43. The van der Waals surface area contributed by atoms with E-state index >= 15 is 0 Å². The van der Waals surface area contributed by atoms with Crippen molar-refractivity contribution in [2.45, 2.75) is 12.2 Å². The van der Waals surface area contributed by atoms with E-state index in [-0.39, 0.29) is 28.0 Å². The highest BCUT2D eigenvalue weighted by atomic mass is 79.9. The van der Waals surface area contributed by atoms with Crippen molar-refractivity contribution in [2.24, 2.45) is 0 Å². The summed E-state index contributed by atoms with van der Waals surface area (Å²) in [6.45, 7) is 0. The standard InChI is InChI=1S/C24H12Br2F3NO3/c25-14-6-4-12(5-7-14)20-19-21(31)17-11-15(26)8-9-18(17)33-22(19)23(32)30(20)16-3-1-2-13(10-16)24(27,28)29/h1-11,20H. The normalized spacial score (nSPS) is 15.8. The number of carbonyl (C=O) groups excluding carboxylic acids is 1. The molecule has 166 valence electrons. The van der Waals surface area contributed by atoms with E-state index in [1.54, 1.807) is 42.5 Å². The number of benzene rings is 3. The highest BCUT2D eigenvalue weighted by Gasteiger charge is 2.44. The lowest BCUT2D eigenvalue weighted by Gasteiger charge is -2.26. The van der Waals surface area contributed by atoms with E-state index in [4.69, 9.17) is 4.42 Å². The molecule has 33 heavy (non-hydrogen) atoms. The van der Waals surface area contributed by atoms with Gasteiger partial charge in [-0.1, -0.05) is 50.1 Å². The average Bonchev–Trinajstić information content (AvgIpc) is 3.07. The molecule has 9 heteroatoms. The van der Waals surface area contributed by atoms with Crippen molar-refractivity contribution >= 4 is 54.4 Å². The molecule has 2 heterocycles. The Balaban J connectivity index is 1.79. The first-order valence-corrected chi connectivity index (χ1v) is 11.3. The number of amides is 1. The molecular formula is C24H12Br2F3NO3. The maximum Gasteiger partial charge on any atom is 0.416 e. The Bertz CT molecular complexity index is 1480. The molecule has 1 atom stereocenters. The highest BCUT2D eigenvalue weighted by molar-refractivity contribution is 9.10. The van der Waals surface area contributed by atoms with Gasteiger partial charge in [0.05, 0.1) is 22.6 Å². The van der Waals surface area contributed by atoms with Gasteiger partial charge in [-0.3, -0.25) is 14.5 Å². The fraction of sp³-hybridized carbons (Fsp3) is 0.0833. The summed E-state index contributed by atoms with van der Waals surface area (Å²) in [6, 6.07) is 15.2. The first-order chi connectivity index (χ1) is 15.6. The number of anilines is 1. The third-order valence-corrected chi connectivity index (χ3v) is 6.49. The summed E-state index contributed by atoms with van der Waals surface area (Å²) in [5, 5.41) is 0.268. The molecule has 0 saturated heterocycles. The molecule has 4 aromatic rings. The van der Waals surface area contributed by atoms with Crippen molar-refractivity contribution in [3.8, 4) is 0 Å². The van der Waals surface area contributed by atoms with Crippen molar-refractivity contribution in [3.63, 3.8) is 0 Å². The SMILES string of the molecule is O=C1c2oc3ccc(Br)cc3c(=O)c2C(c2ccc(Br)cc2)N1c1cccc(C(F)(F)F)c1. The molecule has 1 aromatic heterocycles. The Morgan fingerprint density at radius 3 is 2.27 bits per heavy atom. The maximum absolute atomic E-state index is 13.5. The summed E-state index contributed by atoms with van der Waals surface area (Å²) in [7, 11) is 0. The number of hydrogen-bond donors (Lipinski definition) is 0. The van der Waals surface area contributed by atoms with Crippen LogP contribution in [-0.2, 0) is 6.18 Å². The fourth-order valence-corrected chi connectivity index (χ4v) is 4.63. The Morgan fingerprint density at radius 2 is 1.58 bits per heavy atom. The minimum atomic E-state index is -4.59. The Labute approximate surface area is 201 Å². The first-order valence-electron chi connectivity index (χ1n) is 9.67. The molecule has 0 N–H and O–H groups in total. The van der Waals surface area contributed by atoms with Crippen molar-refractivity contribution in [1.82, 2.24) is 0 Å². The molecule has 1 unspecified atom stereocenters. The average molecular weight is 579 g/mol. The Kier molecular flexibility index (Phi) is 5.21. The van der Waals surface area contributed by atoms with Gasteiger partial charge < -0.3 is 4.42 Å². The summed E-state index contributed by atoms with van der Waals surface area (Å²) in [5.74, 6) is -0.862. The van der Waals surface area contributed by atoms with Crippen LogP contribution in [0.4, 0.5) is 18.9 Å². The predicted molar refractivity (Wildman–Crippen MR) is 124 cm³/mol. The van der Waals surface area contributed by atoms with Crippen LogP contribution < -0.4 is 10.3 Å². The summed E-state index contributed by atoms with van der Waals surface area (Å²) in [4.78, 5) is 28.2. The second-order valence-corrected chi connectivity index (χ2v) is 9.32. The van der Waals surface area contributed by atoms with Crippen molar-refractivity contribution in [2.75, 3.05) is 4.90 Å². The molecule has 1 amide bonds. The molecule has 4 nitrogen and oxygen atoms in total. The minimum Gasteiger partial charge on any atom is -0.450 e. The van der Waals surface area contributed by atoms with Gasteiger partial charge in [-0.15, -0.1) is 0 Å². The largest absolute Gasteiger partial charge is 0.450 e. The zero-order valence-corrected chi connectivity index (χ0v) is 19.7. The lowest BCUT2D eigenvalue weighted by Crippen LogP contribution is -2.29. The molecule has 0 fully saturated rings. The third-order valence-electron chi connectivity index (χ3n) is 5.47. The molecule has 0 radical (unpaired) electrons. The third kappa shape index (κ3) is 3.69. The smallest absolute Gasteiger partial charge is 0.416 e. The zero-order valence-electron chi connectivity index (χ0n) is 16.5. The van der Waals surface area contributed by atoms with Gasteiger partial charge in [-0.25, -0.2) is 0 Å². The van der Waals surface area contributed by atoms with E-state index in [1.165, 1.54) is 17.0 Å². The van der Waals surface area contributed by atoms with E-state index in [0.29, 0.717) is 10.0 Å². The monoisotopic (exact) mass is 577 g/mol. The number of hydrogen-bond acceptors (Lipinski definition) is 3. The van der Waals surface area contributed by atoms with Crippen LogP contribution in [0.1, 0.15) is 33.3 Å². The van der Waals surface area contributed by atoms with Crippen LogP contribution in [-0.4, -0.2) is 5.91 Å². The van der Waals surface area contributed by atoms with Crippen LogP contribution in [0.3, 0.4) is 0 Å². The first kappa shape index (κ1) is 21.9. The number of fused-ring (bicyclic) bond motifs is 2. The molecular weight excluding hydrogens is 567 g/mol. The van der Waals surface area contributed by atoms with E-state index in [9.17, 15) is 22.8 Å². The predicted octanol–water partition coefficient (Wildman–Crippen LogP) is 7.09. The minimum absolute atomic E-state index is 0.0128. The van der Waals surface area contributed by atoms with Crippen LogP contribution in [0.5, 0.6) is 0 Å². The van der Waals surface area contributed by atoms with Gasteiger partial charge in [-0.2, -0.15) is 13.2 Å². The quantitative estimate of drug-likeness (QED) is 0.255. The van der Waals surface area contributed by atoms with Gasteiger partial charge in [0.15, 0.2) is 5.43 Å². The van der Waals surface area contributed by atoms with Crippen LogP contribution in [0, 0.1) is 0 Å². The topological polar surface area (TPSA) is 50.5 Å². The summed E-state index contributed by atoms with van der Waals surface area (Å²) in [6.07, 6.45) is -4.59.